The number of rotatable bonds is 3. The van der Waals surface area contributed by atoms with Gasteiger partial charge in [0.25, 0.3) is 0 Å². The van der Waals surface area contributed by atoms with E-state index in [-0.39, 0.29) is 17.9 Å². The number of nitrogens with zero attached hydrogens (tertiary/aromatic N) is 2. The molecule has 2 aliphatic rings. The summed E-state index contributed by atoms with van der Waals surface area (Å²) in [5.74, 6) is -0.365. The molecule has 0 unspecified atom stereocenters. The van der Waals surface area contributed by atoms with E-state index >= 15 is 0 Å². The lowest BCUT2D eigenvalue weighted by Gasteiger charge is -2.37. The second-order valence-corrected chi connectivity index (χ2v) is 7.95. The summed E-state index contributed by atoms with van der Waals surface area (Å²) < 4.78 is 8.01. The number of ether oxygens (including phenoxy) is 1. The molecule has 2 atom stereocenters. The average Bonchev–Trinajstić information content (AvgIpc) is 2.91. The van der Waals surface area contributed by atoms with Crippen molar-refractivity contribution in [2.24, 2.45) is 13.0 Å². The molecule has 0 saturated carbocycles. The normalized spacial score (nSPS) is 22.0. The number of carbonyl (C=O) groups excluding carboxylic acids is 1. The molecule has 2 aromatic carbocycles. The van der Waals surface area contributed by atoms with Gasteiger partial charge in [-0.3, -0.25) is 9.63 Å². The fraction of sp³-hybridized carbons (Fsp3) is 0.375. The van der Waals surface area contributed by atoms with Crippen LogP contribution in [0.1, 0.15) is 35.7 Å². The van der Waals surface area contributed by atoms with Crippen molar-refractivity contribution in [2.75, 3.05) is 13.2 Å². The largest absolute Gasteiger partial charge is 0.461 e. The molecule has 5 rings (SSSR count). The van der Waals surface area contributed by atoms with Gasteiger partial charge in [0, 0.05) is 30.2 Å². The first kappa shape index (κ1) is 18.4. The SMILES string of the molecule is Cn1c2c(c3ccccc31)CCN1OCCC[C@@H](C(=O)OCc3ccccc3)[C@@H]21. The highest BCUT2D eigenvalue weighted by Gasteiger charge is 2.43. The van der Waals surface area contributed by atoms with Crippen LogP contribution in [0.15, 0.2) is 54.6 Å². The highest BCUT2D eigenvalue weighted by Crippen LogP contribution is 2.43. The van der Waals surface area contributed by atoms with Gasteiger partial charge in [0.2, 0.25) is 0 Å². The Kier molecular flexibility index (Phi) is 4.86. The fourth-order valence-electron chi connectivity index (χ4n) is 4.89. The minimum atomic E-state index is -0.233. The monoisotopic (exact) mass is 390 g/mol. The summed E-state index contributed by atoms with van der Waals surface area (Å²) in [5.41, 5.74) is 4.76. The predicted octanol–water partition coefficient (Wildman–Crippen LogP) is 4.16. The van der Waals surface area contributed by atoms with Crippen molar-refractivity contribution in [1.29, 1.82) is 0 Å². The molecule has 29 heavy (non-hydrogen) atoms. The quantitative estimate of drug-likeness (QED) is 0.630. The van der Waals surface area contributed by atoms with Gasteiger partial charge in [-0.2, -0.15) is 5.06 Å². The number of hydroxylamine groups is 2. The molecule has 5 nitrogen and oxygen atoms in total. The Morgan fingerprint density at radius 1 is 1.14 bits per heavy atom. The van der Waals surface area contributed by atoms with Crippen LogP contribution in [0.2, 0.25) is 0 Å². The fourth-order valence-corrected chi connectivity index (χ4v) is 4.89. The molecule has 3 aromatic rings. The van der Waals surface area contributed by atoms with Gasteiger partial charge >= 0.3 is 5.97 Å². The number of aromatic nitrogens is 1. The van der Waals surface area contributed by atoms with Gasteiger partial charge in [0.05, 0.1) is 18.6 Å². The maximum Gasteiger partial charge on any atom is 0.311 e. The Hall–Kier alpha value is -2.63. The number of para-hydroxylation sites is 1. The van der Waals surface area contributed by atoms with Crippen molar-refractivity contribution >= 4 is 16.9 Å². The summed E-state index contributed by atoms with van der Waals surface area (Å²) in [6, 6.07) is 18.3. The Bertz CT molecular complexity index is 1030. The zero-order valence-corrected chi connectivity index (χ0v) is 16.7. The average molecular weight is 390 g/mol. The molecule has 2 aliphatic heterocycles. The first-order valence-corrected chi connectivity index (χ1v) is 10.4. The van der Waals surface area contributed by atoms with E-state index in [9.17, 15) is 4.79 Å². The summed E-state index contributed by atoms with van der Waals surface area (Å²) in [5, 5.41) is 3.31. The van der Waals surface area contributed by atoms with E-state index in [2.05, 4.69) is 35.9 Å². The van der Waals surface area contributed by atoms with Crippen molar-refractivity contribution in [2.45, 2.75) is 31.9 Å². The van der Waals surface area contributed by atoms with Gasteiger partial charge in [-0.05, 0) is 36.5 Å². The van der Waals surface area contributed by atoms with E-state index in [1.165, 1.54) is 22.2 Å². The lowest BCUT2D eigenvalue weighted by Crippen LogP contribution is -2.41. The van der Waals surface area contributed by atoms with Crippen LogP contribution >= 0.6 is 0 Å². The zero-order chi connectivity index (χ0) is 19.8. The van der Waals surface area contributed by atoms with Crippen molar-refractivity contribution < 1.29 is 14.4 Å². The molecule has 0 radical (unpaired) electrons. The molecule has 0 amide bonds. The molecular weight excluding hydrogens is 364 g/mol. The number of fused-ring (bicyclic) bond motifs is 5. The maximum atomic E-state index is 13.2. The molecule has 1 fully saturated rings. The van der Waals surface area contributed by atoms with Gasteiger partial charge < -0.3 is 9.30 Å². The minimum Gasteiger partial charge on any atom is -0.461 e. The Morgan fingerprint density at radius 3 is 2.79 bits per heavy atom. The first-order valence-electron chi connectivity index (χ1n) is 10.4. The van der Waals surface area contributed by atoms with Gasteiger partial charge in [-0.1, -0.05) is 48.5 Å². The van der Waals surface area contributed by atoms with Crippen LogP contribution < -0.4 is 0 Å². The highest BCUT2D eigenvalue weighted by molar-refractivity contribution is 5.86. The van der Waals surface area contributed by atoms with E-state index in [0.717, 1.165) is 31.4 Å². The summed E-state index contributed by atoms with van der Waals surface area (Å²) in [6.07, 6.45) is 2.56. The van der Waals surface area contributed by atoms with Crippen LogP contribution in [0.5, 0.6) is 0 Å². The van der Waals surface area contributed by atoms with Crippen molar-refractivity contribution in [3.05, 3.63) is 71.4 Å². The molecule has 150 valence electrons. The summed E-state index contributed by atoms with van der Waals surface area (Å²) >= 11 is 0. The van der Waals surface area contributed by atoms with Crippen LogP contribution in [-0.2, 0) is 34.4 Å². The molecule has 5 heteroatoms. The Labute approximate surface area is 170 Å². The second-order valence-electron chi connectivity index (χ2n) is 7.95. The van der Waals surface area contributed by atoms with Gasteiger partial charge in [-0.15, -0.1) is 0 Å². The van der Waals surface area contributed by atoms with Crippen LogP contribution in [-0.4, -0.2) is 28.8 Å². The summed E-state index contributed by atoms with van der Waals surface area (Å²) in [4.78, 5) is 19.3. The minimum absolute atomic E-state index is 0.109. The Morgan fingerprint density at radius 2 is 1.93 bits per heavy atom. The first-order chi connectivity index (χ1) is 14.2. The van der Waals surface area contributed by atoms with Crippen molar-refractivity contribution in [3.8, 4) is 0 Å². The van der Waals surface area contributed by atoms with Crippen molar-refractivity contribution in [3.63, 3.8) is 0 Å². The van der Waals surface area contributed by atoms with Crippen LogP contribution in [0, 0.1) is 5.92 Å². The van der Waals surface area contributed by atoms with E-state index in [1.54, 1.807) is 0 Å². The van der Waals surface area contributed by atoms with Gasteiger partial charge in [0.1, 0.15) is 6.61 Å². The third-order valence-electron chi connectivity index (χ3n) is 6.26. The number of hydrogen-bond acceptors (Lipinski definition) is 4. The molecular formula is C24H26N2O3. The van der Waals surface area contributed by atoms with E-state index in [1.807, 2.05) is 35.4 Å². The molecule has 1 saturated heterocycles. The Balaban J connectivity index is 1.50. The molecule has 0 bridgehead atoms. The molecule has 0 aliphatic carbocycles. The van der Waals surface area contributed by atoms with E-state index in [0.29, 0.717) is 13.2 Å². The number of carbonyl (C=O) groups is 1. The van der Waals surface area contributed by atoms with Crippen molar-refractivity contribution in [1.82, 2.24) is 9.63 Å². The van der Waals surface area contributed by atoms with Gasteiger partial charge in [-0.25, -0.2) is 0 Å². The third-order valence-corrected chi connectivity index (χ3v) is 6.26. The maximum absolute atomic E-state index is 13.2. The molecule has 0 spiro atoms. The van der Waals surface area contributed by atoms with Crippen LogP contribution in [0.4, 0.5) is 0 Å². The number of benzene rings is 2. The van der Waals surface area contributed by atoms with E-state index in [4.69, 9.17) is 9.57 Å². The number of esters is 1. The second kappa shape index (κ2) is 7.65. The van der Waals surface area contributed by atoms with Gasteiger partial charge in [0.15, 0.2) is 0 Å². The summed E-state index contributed by atoms with van der Waals surface area (Å²) in [6.45, 7) is 1.76. The number of aryl methyl sites for hydroxylation is 1. The van der Waals surface area contributed by atoms with Crippen LogP contribution in [0.3, 0.4) is 0 Å². The number of hydrogen-bond donors (Lipinski definition) is 0. The smallest absolute Gasteiger partial charge is 0.311 e. The lowest BCUT2D eigenvalue weighted by molar-refractivity contribution is -0.198. The van der Waals surface area contributed by atoms with Crippen LogP contribution in [0.25, 0.3) is 10.9 Å². The zero-order valence-electron chi connectivity index (χ0n) is 16.7. The highest BCUT2D eigenvalue weighted by atomic mass is 16.7. The molecule has 0 N–H and O–H groups in total. The topological polar surface area (TPSA) is 43.7 Å². The standard InChI is InChI=1S/C24H26N2O3/c1-25-21-12-6-5-10-18(21)19-13-14-26-23(22(19)25)20(11-7-15-29-26)24(27)28-16-17-8-3-2-4-9-17/h2-6,8-10,12,20,23H,7,11,13-16H2,1H3/t20-,23+/m1/s1. The molecule has 3 heterocycles. The summed E-state index contributed by atoms with van der Waals surface area (Å²) in [7, 11) is 2.10. The predicted molar refractivity (Wildman–Crippen MR) is 111 cm³/mol. The molecule has 1 aromatic heterocycles. The third kappa shape index (κ3) is 3.24. The van der Waals surface area contributed by atoms with E-state index < -0.39 is 0 Å². The lowest BCUT2D eigenvalue weighted by atomic mass is 9.87.